The number of alkyl halides is 1. The van der Waals surface area contributed by atoms with E-state index in [-0.39, 0.29) is 0 Å². The van der Waals surface area contributed by atoms with Crippen molar-refractivity contribution in [3.8, 4) is 0 Å². The zero-order valence-electron chi connectivity index (χ0n) is 6.93. The van der Waals surface area contributed by atoms with Crippen molar-refractivity contribution in [1.29, 1.82) is 0 Å². The highest BCUT2D eigenvalue weighted by molar-refractivity contribution is 6.33. The van der Waals surface area contributed by atoms with Crippen LogP contribution < -0.4 is 0 Å². The molecule has 0 aliphatic heterocycles. The summed E-state index contributed by atoms with van der Waals surface area (Å²) in [5.74, 6) is 1.84. The molecule has 1 aliphatic carbocycles. The Hall–Kier alpha value is 0.0900. The third-order valence-electron chi connectivity index (χ3n) is 2.48. The number of rotatable bonds is 2. The minimum atomic E-state index is 0.531. The van der Waals surface area contributed by atoms with Gasteiger partial charge in [-0.2, -0.15) is 0 Å². The lowest BCUT2D eigenvalue weighted by Crippen LogP contribution is -1.86. The van der Waals surface area contributed by atoms with Crippen molar-refractivity contribution in [3.05, 3.63) is 33.8 Å². The van der Waals surface area contributed by atoms with Gasteiger partial charge in [0.1, 0.15) is 0 Å². The van der Waals surface area contributed by atoms with Crippen molar-refractivity contribution < 1.29 is 0 Å². The van der Waals surface area contributed by atoms with Gasteiger partial charge in [0.2, 0.25) is 0 Å². The topological polar surface area (TPSA) is 0 Å². The van der Waals surface area contributed by atoms with Crippen molar-refractivity contribution in [2.75, 3.05) is 5.88 Å². The molecule has 1 aromatic carbocycles. The van der Waals surface area contributed by atoms with E-state index in [1.54, 1.807) is 0 Å². The SMILES string of the molecule is ClCC1CC1c1cc(Cl)ccc1Cl. The average Bonchev–Trinajstić information content (AvgIpc) is 2.88. The molecule has 1 fully saturated rings. The van der Waals surface area contributed by atoms with Gasteiger partial charge in [-0.15, -0.1) is 11.6 Å². The molecule has 2 rings (SSSR count). The third kappa shape index (κ3) is 1.96. The Kier molecular flexibility index (Phi) is 2.73. The fourth-order valence-corrected chi connectivity index (χ4v) is 2.38. The first-order valence-corrected chi connectivity index (χ1v) is 5.52. The molecule has 1 aromatic rings. The molecule has 1 aliphatic rings. The summed E-state index contributed by atoms with van der Waals surface area (Å²) in [5.41, 5.74) is 1.15. The second-order valence-corrected chi connectivity index (χ2v) is 4.57. The molecule has 0 saturated heterocycles. The maximum atomic E-state index is 6.05. The Morgan fingerprint density at radius 1 is 1.31 bits per heavy atom. The van der Waals surface area contributed by atoms with E-state index in [9.17, 15) is 0 Å². The summed E-state index contributed by atoms with van der Waals surface area (Å²) < 4.78 is 0. The summed E-state index contributed by atoms with van der Waals surface area (Å²) in [6.07, 6.45) is 1.14. The normalized spacial score (nSPS) is 26.1. The maximum Gasteiger partial charge on any atom is 0.0441 e. The molecule has 70 valence electrons. The van der Waals surface area contributed by atoms with Gasteiger partial charge in [-0.05, 0) is 42.0 Å². The Labute approximate surface area is 92.8 Å². The van der Waals surface area contributed by atoms with E-state index in [2.05, 4.69) is 0 Å². The molecule has 2 atom stereocenters. The first-order valence-electron chi connectivity index (χ1n) is 4.23. The summed E-state index contributed by atoms with van der Waals surface area (Å²) in [5, 5.41) is 1.56. The molecular weight excluding hydrogens is 226 g/mol. The van der Waals surface area contributed by atoms with E-state index < -0.39 is 0 Å². The highest BCUT2D eigenvalue weighted by atomic mass is 35.5. The van der Waals surface area contributed by atoms with E-state index >= 15 is 0 Å². The quantitative estimate of drug-likeness (QED) is 0.669. The molecule has 2 unspecified atom stereocenters. The Morgan fingerprint density at radius 2 is 2.08 bits per heavy atom. The molecule has 0 N–H and O–H groups in total. The summed E-state index contributed by atoms with van der Waals surface area (Å²) >= 11 is 17.7. The van der Waals surface area contributed by atoms with Crippen molar-refractivity contribution >= 4 is 34.8 Å². The number of hydrogen-bond donors (Lipinski definition) is 0. The minimum Gasteiger partial charge on any atom is -0.126 e. The van der Waals surface area contributed by atoms with Crippen LogP contribution in [0, 0.1) is 5.92 Å². The number of benzene rings is 1. The van der Waals surface area contributed by atoms with E-state index in [1.807, 2.05) is 18.2 Å². The summed E-state index contributed by atoms with van der Waals surface area (Å²) in [7, 11) is 0. The zero-order chi connectivity index (χ0) is 9.42. The Morgan fingerprint density at radius 3 is 2.69 bits per heavy atom. The predicted molar refractivity (Wildman–Crippen MR) is 58.0 cm³/mol. The Bertz CT molecular complexity index is 322. The van der Waals surface area contributed by atoms with E-state index in [0.29, 0.717) is 17.7 Å². The van der Waals surface area contributed by atoms with Crippen LogP contribution in [0.4, 0.5) is 0 Å². The van der Waals surface area contributed by atoms with Gasteiger partial charge in [0.25, 0.3) is 0 Å². The summed E-state index contributed by atoms with van der Waals surface area (Å²) in [4.78, 5) is 0. The highest BCUT2D eigenvalue weighted by Crippen LogP contribution is 2.50. The van der Waals surface area contributed by atoms with Gasteiger partial charge in [0.15, 0.2) is 0 Å². The monoisotopic (exact) mass is 234 g/mol. The van der Waals surface area contributed by atoms with Crippen LogP contribution >= 0.6 is 34.8 Å². The van der Waals surface area contributed by atoms with E-state index in [4.69, 9.17) is 34.8 Å². The number of hydrogen-bond acceptors (Lipinski definition) is 0. The molecule has 3 heteroatoms. The fourth-order valence-electron chi connectivity index (χ4n) is 1.60. The smallest absolute Gasteiger partial charge is 0.0441 e. The average molecular weight is 236 g/mol. The summed E-state index contributed by atoms with van der Waals surface area (Å²) in [6.45, 7) is 0. The molecule has 1 saturated carbocycles. The van der Waals surface area contributed by atoms with Crippen LogP contribution in [0.1, 0.15) is 17.9 Å². The van der Waals surface area contributed by atoms with Gasteiger partial charge in [-0.3, -0.25) is 0 Å². The van der Waals surface area contributed by atoms with Crippen LogP contribution in [0.5, 0.6) is 0 Å². The maximum absolute atomic E-state index is 6.05. The van der Waals surface area contributed by atoms with Crippen LogP contribution in [0.15, 0.2) is 18.2 Å². The van der Waals surface area contributed by atoms with E-state index in [0.717, 1.165) is 22.0 Å². The molecule has 0 radical (unpaired) electrons. The number of halogens is 3. The van der Waals surface area contributed by atoms with Gasteiger partial charge < -0.3 is 0 Å². The zero-order valence-corrected chi connectivity index (χ0v) is 9.20. The van der Waals surface area contributed by atoms with E-state index in [1.165, 1.54) is 0 Å². The molecule has 0 aromatic heterocycles. The fraction of sp³-hybridized carbons (Fsp3) is 0.400. The second kappa shape index (κ2) is 3.68. The molecular formula is C10H9Cl3. The first kappa shape index (κ1) is 9.64. The van der Waals surface area contributed by atoms with Gasteiger partial charge >= 0.3 is 0 Å². The Balaban J connectivity index is 2.25. The van der Waals surface area contributed by atoms with Crippen LogP contribution in [0.2, 0.25) is 10.0 Å². The molecule has 0 nitrogen and oxygen atoms in total. The summed E-state index contributed by atoms with van der Waals surface area (Å²) in [6, 6.07) is 5.61. The lowest BCUT2D eigenvalue weighted by atomic mass is 10.1. The largest absolute Gasteiger partial charge is 0.126 e. The minimum absolute atomic E-state index is 0.531. The van der Waals surface area contributed by atoms with Crippen LogP contribution in [0.3, 0.4) is 0 Å². The molecule has 0 spiro atoms. The van der Waals surface area contributed by atoms with Crippen molar-refractivity contribution in [2.45, 2.75) is 12.3 Å². The lowest BCUT2D eigenvalue weighted by molar-refractivity contribution is 0.923. The van der Waals surface area contributed by atoms with Crippen LogP contribution in [-0.2, 0) is 0 Å². The van der Waals surface area contributed by atoms with Crippen molar-refractivity contribution in [3.63, 3.8) is 0 Å². The molecule has 0 bridgehead atoms. The molecule has 13 heavy (non-hydrogen) atoms. The van der Waals surface area contributed by atoms with Gasteiger partial charge in [0.05, 0.1) is 0 Å². The van der Waals surface area contributed by atoms with Crippen LogP contribution in [-0.4, -0.2) is 5.88 Å². The highest BCUT2D eigenvalue weighted by Gasteiger charge is 2.38. The van der Waals surface area contributed by atoms with Crippen molar-refractivity contribution in [2.24, 2.45) is 5.92 Å². The van der Waals surface area contributed by atoms with Crippen LogP contribution in [0.25, 0.3) is 0 Å². The third-order valence-corrected chi connectivity index (χ3v) is 3.45. The molecule has 0 heterocycles. The second-order valence-electron chi connectivity index (χ2n) is 3.42. The molecule has 0 amide bonds. The lowest BCUT2D eigenvalue weighted by Gasteiger charge is -2.02. The van der Waals surface area contributed by atoms with Gasteiger partial charge in [0, 0.05) is 15.9 Å². The van der Waals surface area contributed by atoms with Crippen molar-refractivity contribution in [1.82, 2.24) is 0 Å². The standard InChI is InChI=1S/C10H9Cl3/c11-5-6-3-8(6)9-4-7(12)1-2-10(9)13/h1-2,4,6,8H,3,5H2. The van der Waals surface area contributed by atoms with Gasteiger partial charge in [-0.1, -0.05) is 23.2 Å². The first-order chi connectivity index (χ1) is 6.22. The van der Waals surface area contributed by atoms with Gasteiger partial charge in [-0.25, -0.2) is 0 Å². The predicted octanol–water partition coefficient (Wildman–Crippen LogP) is 4.34.